The zero-order valence-corrected chi connectivity index (χ0v) is 12.2. The van der Waals surface area contributed by atoms with Crippen molar-refractivity contribution in [2.45, 2.75) is 25.4 Å². The lowest BCUT2D eigenvalue weighted by Crippen LogP contribution is -2.35. The maximum atomic E-state index is 11.2. The summed E-state index contributed by atoms with van der Waals surface area (Å²) in [5.41, 5.74) is 0.802. The Bertz CT molecular complexity index is 653. The van der Waals surface area contributed by atoms with E-state index >= 15 is 0 Å². The van der Waals surface area contributed by atoms with Crippen LogP contribution in [0.5, 0.6) is 5.75 Å². The van der Waals surface area contributed by atoms with E-state index in [2.05, 4.69) is 10.1 Å². The van der Waals surface area contributed by atoms with Crippen LogP contribution < -0.4 is 4.74 Å². The van der Waals surface area contributed by atoms with E-state index in [1.807, 2.05) is 29.2 Å². The van der Waals surface area contributed by atoms with Crippen LogP contribution in [0, 0.1) is 0 Å². The number of carbonyl (C=O) groups is 1. The Hall–Kier alpha value is -2.41. The maximum absolute atomic E-state index is 11.2. The Morgan fingerprint density at radius 1 is 1.45 bits per heavy atom. The van der Waals surface area contributed by atoms with Crippen LogP contribution in [-0.2, 0) is 11.3 Å². The lowest BCUT2D eigenvalue weighted by atomic mass is 10.2. The maximum Gasteiger partial charge on any atom is 0.320 e. The summed E-state index contributed by atoms with van der Waals surface area (Å²) in [6, 6.07) is 6.86. The number of carboxylic acids is 1. The number of hydrogen-bond acceptors (Lipinski definition) is 6. The topological polar surface area (TPSA) is 88.7 Å². The monoisotopic (exact) mass is 303 g/mol. The largest absolute Gasteiger partial charge is 0.497 e. The number of aromatic nitrogens is 2. The van der Waals surface area contributed by atoms with E-state index in [4.69, 9.17) is 9.26 Å². The Labute approximate surface area is 127 Å². The van der Waals surface area contributed by atoms with Crippen LogP contribution in [0.2, 0.25) is 0 Å². The molecule has 1 unspecified atom stereocenters. The molecule has 2 heterocycles. The summed E-state index contributed by atoms with van der Waals surface area (Å²) in [5.74, 6) is 0.879. The molecule has 0 aliphatic carbocycles. The van der Waals surface area contributed by atoms with E-state index < -0.39 is 12.0 Å². The molecular formula is C15H17N3O4. The molecule has 1 N–H and O–H groups in total. The lowest BCUT2D eigenvalue weighted by Gasteiger charge is -2.18. The van der Waals surface area contributed by atoms with Crippen LogP contribution >= 0.6 is 0 Å². The number of rotatable bonds is 5. The minimum atomic E-state index is -0.795. The average molecular weight is 303 g/mol. The predicted octanol–water partition coefficient (Wildman–Crippen LogP) is 1.79. The van der Waals surface area contributed by atoms with Crippen LogP contribution in [0.1, 0.15) is 18.7 Å². The summed E-state index contributed by atoms with van der Waals surface area (Å²) in [6.07, 6.45) is 1.54. The van der Waals surface area contributed by atoms with Gasteiger partial charge in [-0.25, -0.2) is 0 Å². The molecule has 3 rings (SSSR count). The molecule has 0 bridgehead atoms. The van der Waals surface area contributed by atoms with Crippen LogP contribution in [0.25, 0.3) is 11.5 Å². The fourth-order valence-electron chi connectivity index (χ4n) is 2.65. The van der Waals surface area contributed by atoms with Crippen LogP contribution in [0.15, 0.2) is 28.8 Å². The Morgan fingerprint density at radius 3 is 2.91 bits per heavy atom. The van der Waals surface area contributed by atoms with Crippen molar-refractivity contribution in [1.82, 2.24) is 15.0 Å². The van der Waals surface area contributed by atoms with Crippen molar-refractivity contribution < 1.29 is 19.2 Å². The lowest BCUT2D eigenvalue weighted by molar-refractivity contribution is -0.142. The van der Waals surface area contributed by atoms with E-state index in [1.54, 1.807) is 7.11 Å². The van der Waals surface area contributed by atoms with Crippen LogP contribution in [-0.4, -0.2) is 45.8 Å². The van der Waals surface area contributed by atoms with Gasteiger partial charge in [0.15, 0.2) is 5.82 Å². The van der Waals surface area contributed by atoms with E-state index in [0.717, 1.165) is 24.3 Å². The second-order valence-electron chi connectivity index (χ2n) is 5.21. The average Bonchev–Trinajstić information content (AvgIpc) is 3.17. The highest BCUT2D eigenvalue weighted by Crippen LogP contribution is 2.23. The second-order valence-corrected chi connectivity index (χ2v) is 5.21. The van der Waals surface area contributed by atoms with E-state index in [-0.39, 0.29) is 0 Å². The molecule has 116 valence electrons. The number of likely N-dealkylation sites (tertiary alicyclic amines) is 1. The van der Waals surface area contributed by atoms with Gasteiger partial charge in [0.1, 0.15) is 11.8 Å². The molecule has 1 atom stereocenters. The quantitative estimate of drug-likeness (QED) is 0.900. The van der Waals surface area contributed by atoms with Gasteiger partial charge < -0.3 is 14.4 Å². The number of hydrogen-bond donors (Lipinski definition) is 1. The summed E-state index contributed by atoms with van der Waals surface area (Å²) >= 11 is 0. The zero-order chi connectivity index (χ0) is 15.5. The van der Waals surface area contributed by atoms with Gasteiger partial charge >= 0.3 is 5.97 Å². The Kier molecular flexibility index (Phi) is 4.06. The first kappa shape index (κ1) is 14.5. The predicted molar refractivity (Wildman–Crippen MR) is 77.4 cm³/mol. The van der Waals surface area contributed by atoms with Gasteiger partial charge in [-0.1, -0.05) is 5.16 Å². The van der Waals surface area contributed by atoms with Gasteiger partial charge in [0.2, 0.25) is 0 Å². The molecule has 1 aromatic heterocycles. The molecule has 1 aromatic carbocycles. The van der Waals surface area contributed by atoms with Crippen molar-refractivity contribution in [3.63, 3.8) is 0 Å². The highest BCUT2D eigenvalue weighted by atomic mass is 16.5. The summed E-state index contributed by atoms with van der Waals surface area (Å²) < 4.78 is 10.4. The third kappa shape index (κ3) is 2.94. The van der Waals surface area contributed by atoms with Crippen LogP contribution in [0.3, 0.4) is 0 Å². The molecule has 1 saturated heterocycles. The second kappa shape index (κ2) is 6.15. The Morgan fingerprint density at radius 2 is 2.23 bits per heavy atom. The molecule has 1 aliphatic heterocycles. The van der Waals surface area contributed by atoms with Crippen molar-refractivity contribution in [3.8, 4) is 17.2 Å². The molecule has 0 radical (unpaired) electrons. The molecule has 7 nitrogen and oxygen atoms in total. The van der Waals surface area contributed by atoms with Crippen molar-refractivity contribution in [1.29, 1.82) is 0 Å². The summed E-state index contributed by atoms with van der Waals surface area (Å²) in [6.45, 7) is 1.12. The molecule has 0 saturated carbocycles. The van der Waals surface area contributed by atoms with Gasteiger partial charge in [0.25, 0.3) is 5.89 Å². The first-order valence-electron chi connectivity index (χ1n) is 7.11. The molecular weight excluding hydrogens is 286 g/mol. The fourth-order valence-corrected chi connectivity index (χ4v) is 2.65. The summed E-state index contributed by atoms with van der Waals surface area (Å²) in [7, 11) is 1.61. The van der Waals surface area contributed by atoms with Gasteiger partial charge in [-0.3, -0.25) is 9.69 Å². The van der Waals surface area contributed by atoms with Crippen molar-refractivity contribution >= 4 is 5.97 Å². The SMILES string of the molecule is COc1ccc(-c2nc(CN3CCCC3C(=O)O)no2)cc1. The van der Waals surface area contributed by atoms with Gasteiger partial charge in [0.05, 0.1) is 13.7 Å². The van der Waals surface area contributed by atoms with Crippen LogP contribution in [0.4, 0.5) is 0 Å². The molecule has 1 aliphatic rings. The minimum Gasteiger partial charge on any atom is -0.497 e. The van der Waals surface area contributed by atoms with Gasteiger partial charge in [-0.15, -0.1) is 0 Å². The van der Waals surface area contributed by atoms with Crippen molar-refractivity contribution in [2.75, 3.05) is 13.7 Å². The molecule has 2 aromatic rings. The van der Waals surface area contributed by atoms with Crippen molar-refractivity contribution in [2.24, 2.45) is 0 Å². The first-order valence-corrected chi connectivity index (χ1v) is 7.11. The van der Waals surface area contributed by atoms with Gasteiger partial charge in [0, 0.05) is 5.56 Å². The smallest absolute Gasteiger partial charge is 0.320 e. The molecule has 0 spiro atoms. The molecule has 22 heavy (non-hydrogen) atoms. The molecule has 1 fully saturated rings. The number of carboxylic acid groups (broad SMARTS) is 1. The molecule has 0 amide bonds. The zero-order valence-electron chi connectivity index (χ0n) is 12.2. The standard InChI is InChI=1S/C15H17N3O4/c1-21-11-6-4-10(5-7-11)14-16-13(17-22-14)9-18-8-2-3-12(18)15(19)20/h4-7,12H,2-3,8-9H2,1H3,(H,19,20). The number of aliphatic carboxylic acids is 1. The van der Waals surface area contributed by atoms with E-state index in [1.165, 1.54) is 0 Å². The summed E-state index contributed by atoms with van der Waals surface area (Å²) in [5, 5.41) is 13.1. The third-order valence-electron chi connectivity index (χ3n) is 3.80. The number of benzene rings is 1. The van der Waals surface area contributed by atoms with Crippen molar-refractivity contribution in [3.05, 3.63) is 30.1 Å². The normalized spacial score (nSPS) is 18.5. The minimum absolute atomic E-state index is 0.386. The van der Waals surface area contributed by atoms with Gasteiger partial charge in [-0.2, -0.15) is 4.98 Å². The van der Waals surface area contributed by atoms with E-state index in [9.17, 15) is 9.90 Å². The highest BCUT2D eigenvalue weighted by Gasteiger charge is 2.31. The number of ether oxygens (including phenoxy) is 1. The fraction of sp³-hybridized carbons (Fsp3) is 0.400. The number of methoxy groups -OCH3 is 1. The third-order valence-corrected chi connectivity index (χ3v) is 3.80. The van der Waals surface area contributed by atoms with E-state index in [0.29, 0.717) is 24.7 Å². The molecule has 7 heteroatoms. The number of nitrogens with zero attached hydrogens (tertiary/aromatic N) is 3. The highest BCUT2D eigenvalue weighted by molar-refractivity contribution is 5.73. The summed E-state index contributed by atoms with van der Waals surface area (Å²) in [4.78, 5) is 17.4. The first-order chi connectivity index (χ1) is 10.7. The Balaban J connectivity index is 1.72. The van der Waals surface area contributed by atoms with Gasteiger partial charge in [-0.05, 0) is 43.7 Å².